The normalized spacial score (nSPS) is 10.0. The van der Waals surface area contributed by atoms with Gasteiger partial charge in [0.05, 0.1) is 6.61 Å². The van der Waals surface area contributed by atoms with Gasteiger partial charge in [-0.25, -0.2) is 9.97 Å². The molecule has 0 aliphatic rings. The minimum Gasteiger partial charge on any atom is -0.395 e. The van der Waals surface area contributed by atoms with E-state index in [1.54, 1.807) is 6.07 Å². The van der Waals surface area contributed by atoms with Crippen molar-refractivity contribution < 1.29 is 5.11 Å². The number of aliphatic hydroxyl groups is 1. The van der Waals surface area contributed by atoms with Gasteiger partial charge in [0.15, 0.2) is 0 Å². The lowest BCUT2D eigenvalue weighted by atomic mass is 10.3. The summed E-state index contributed by atoms with van der Waals surface area (Å²) in [5.74, 6) is 0.532. The molecule has 0 atom stereocenters. The van der Waals surface area contributed by atoms with E-state index in [1.165, 1.54) is 0 Å². The highest BCUT2D eigenvalue weighted by molar-refractivity contribution is 5.35. The van der Waals surface area contributed by atoms with Crippen LogP contribution < -0.4 is 4.90 Å². The Morgan fingerprint density at radius 3 is 2.76 bits per heavy atom. The molecule has 0 fully saturated rings. The molecule has 1 heterocycles. The van der Waals surface area contributed by atoms with E-state index in [2.05, 4.69) is 16.9 Å². The zero-order chi connectivity index (χ0) is 12.7. The second-order valence-corrected chi connectivity index (χ2v) is 3.87. The average molecular weight is 234 g/mol. The number of aromatic nitrogens is 2. The van der Waals surface area contributed by atoms with Crippen molar-refractivity contribution in [3.63, 3.8) is 0 Å². The molecule has 0 amide bonds. The minimum atomic E-state index is 0.0584. The van der Waals surface area contributed by atoms with Gasteiger partial charge in [0.25, 0.3) is 0 Å². The fourth-order valence-electron chi connectivity index (χ4n) is 1.53. The van der Waals surface area contributed by atoms with Crippen molar-refractivity contribution in [1.82, 2.24) is 9.97 Å². The number of aliphatic hydroxyl groups excluding tert-OH is 1. The van der Waals surface area contributed by atoms with Crippen LogP contribution in [0, 0.1) is 18.3 Å². The minimum absolute atomic E-state index is 0.0584. The Balaban J connectivity index is 2.92. The fourth-order valence-corrected chi connectivity index (χ4v) is 1.53. The van der Waals surface area contributed by atoms with Crippen LogP contribution in [0.3, 0.4) is 0 Å². The summed E-state index contributed by atoms with van der Waals surface area (Å²) in [6.07, 6.45) is 2.08. The summed E-state index contributed by atoms with van der Waals surface area (Å²) in [5, 5.41) is 17.9. The lowest BCUT2D eigenvalue weighted by Crippen LogP contribution is -2.29. The zero-order valence-corrected chi connectivity index (χ0v) is 10.3. The topological polar surface area (TPSA) is 73.0 Å². The number of nitrogens with zero attached hydrogens (tertiary/aromatic N) is 4. The third kappa shape index (κ3) is 4.00. The lowest BCUT2D eigenvalue weighted by Gasteiger charge is -2.21. The van der Waals surface area contributed by atoms with Crippen molar-refractivity contribution in [2.75, 3.05) is 24.6 Å². The van der Waals surface area contributed by atoms with Crippen LogP contribution in [-0.4, -0.2) is 34.8 Å². The molecule has 0 bridgehead atoms. The van der Waals surface area contributed by atoms with E-state index >= 15 is 0 Å². The van der Waals surface area contributed by atoms with Crippen molar-refractivity contribution >= 4 is 5.95 Å². The summed E-state index contributed by atoms with van der Waals surface area (Å²) < 4.78 is 0. The first-order valence-corrected chi connectivity index (χ1v) is 5.82. The summed E-state index contributed by atoms with van der Waals surface area (Å²) >= 11 is 0. The van der Waals surface area contributed by atoms with Crippen molar-refractivity contribution in [2.24, 2.45) is 0 Å². The molecule has 92 valence electrons. The maximum atomic E-state index is 9.03. The Labute approximate surface area is 102 Å². The first-order chi connectivity index (χ1) is 8.21. The molecule has 0 unspecified atom stereocenters. The third-order valence-corrected chi connectivity index (χ3v) is 2.39. The van der Waals surface area contributed by atoms with E-state index in [0.717, 1.165) is 25.1 Å². The van der Waals surface area contributed by atoms with Crippen LogP contribution in [0.25, 0.3) is 0 Å². The smallest absolute Gasteiger partial charge is 0.226 e. The molecule has 0 aliphatic carbocycles. The number of anilines is 1. The van der Waals surface area contributed by atoms with Crippen molar-refractivity contribution in [1.29, 1.82) is 5.26 Å². The van der Waals surface area contributed by atoms with Crippen molar-refractivity contribution in [3.8, 4) is 6.07 Å². The molecule has 1 N–H and O–H groups in total. The predicted octanol–water partition coefficient (Wildman–Crippen LogP) is 1.26. The highest BCUT2D eigenvalue weighted by Gasteiger charge is 2.10. The van der Waals surface area contributed by atoms with Gasteiger partial charge >= 0.3 is 0 Å². The monoisotopic (exact) mass is 234 g/mol. The number of hydrogen-bond donors (Lipinski definition) is 1. The SMILES string of the molecule is CCCCN(CCO)c1nc(C)cc(C#N)n1. The molecule has 5 heteroatoms. The molecule has 0 saturated heterocycles. The largest absolute Gasteiger partial charge is 0.395 e. The third-order valence-electron chi connectivity index (χ3n) is 2.39. The Bertz CT molecular complexity index is 400. The summed E-state index contributed by atoms with van der Waals surface area (Å²) in [7, 11) is 0. The lowest BCUT2D eigenvalue weighted by molar-refractivity contribution is 0.301. The average Bonchev–Trinajstić information content (AvgIpc) is 2.33. The standard InChI is InChI=1S/C12H18N4O/c1-3-4-5-16(6-7-17)12-14-10(2)8-11(9-13)15-12/h8,17H,3-7H2,1-2H3. The summed E-state index contributed by atoms with van der Waals surface area (Å²) in [6, 6.07) is 3.67. The quantitative estimate of drug-likeness (QED) is 0.802. The number of hydrogen-bond acceptors (Lipinski definition) is 5. The van der Waals surface area contributed by atoms with Crippen LogP contribution in [0.1, 0.15) is 31.2 Å². The van der Waals surface area contributed by atoms with Gasteiger partial charge < -0.3 is 10.0 Å². The maximum absolute atomic E-state index is 9.03. The van der Waals surface area contributed by atoms with E-state index in [-0.39, 0.29) is 6.61 Å². The molecule has 1 aromatic heterocycles. The second-order valence-electron chi connectivity index (χ2n) is 3.87. The Morgan fingerprint density at radius 2 is 2.18 bits per heavy atom. The predicted molar refractivity (Wildman–Crippen MR) is 65.7 cm³/mol. The number of aryl methyl sites for hydroxylation is 1. The number of rotatable bonds is 6. The van der Waals surface area contributed by atoms with Crippen molar-refractivity contribution in [2.45, 2.75) is 26.7 Å². The molecule has 0 saturated carbocycles. The van der Waals surface area contributed by atoms with Gasteiger partial charge in [-0.15, -0.1) is 0 Å². The van der Waals surface area contributed by atoms with Gasteiger partial charge in [0, 0.05) is 18.8 Å². The summed E-state index contributed by atoms with van der Waals surface area (Å²) in [4.78, 5) is 10.4. The molecular weight excluding hydrogens is 216 g/mol. The van der Waals surface area contributed by atoms with Gasteiger partial charge in [-0.3, -0.25) is 0 Å². The Kier molecular flexibility index (Phi) is 5.37. The molecule has 0 aromatic carbocycles. The molecule has 0 aliphatic heterocycles. The number of nitriles is 1. The van der Waals surface area contributed by atoms with E-state index in [9.17, 15) is 0 Å². The van der Waals surface area contributed by atoms with Crippen LogP contribution in [-0.2, 0) is 0 Å². The van der Waals surface area contributed by atoms with Crippen LogP contribution in [0.2, 0.25) is 0 Å². The first-order valence-electron chi connectivity index (χ1n) is 5.82. The van der Waals surface area contributed by atoms with E-state index in [4.69, 9.17) is 10.4 Å². The second kappa shape index (κ2) is 6.81. The highest BCUT2D eigenvalue weighted by Crippen LogP contribution is 2.10. The van der Waals surface area contributed by atoms with Gasteiger partial charge in [0.1, 0.15) is 11.8 Å². The molecular formula is C12H18N4O. The zero-order valence-electron chi connectivity index (χ0n) is 10.3. The van der Waals surface area contributed by atoms with E-state index < -0.39 is 0 Å². The van der Waals surface area contributed by atoms with Gasteiger partial charge in [-0.05, 0) is 19.4 Å². The van der Waals surface area contributed by atoms with Gasteiger partial charge in [0.2, 0.25) is 5.95 Å². The molecule has 0 spiro atoms. The number of unbranched alkanes of at least 4 members (excludes halogenated alkanes) is 1. The maximum Gasteiger partial charge on any atom is 0.226 e. The Morgan fingerprint density at radius 1 is 1.41 bits per heavy atom. The molecule has 17 heavy (non-hydrogen) atoms. The highest BCUT2D eigenvalue weighted by atomic mass is 16.3. The van der Waals surface area contributed by atoms with Gasteiger partial charge in [-0.1, -0.05) is 13.3 Å². The van der Waals surface area contributed by atoms with Crippen molar-refractivity contribution in [3.05, 3.63) is 17.5 Å². The first kappa shape index (κ1) is 13.4. The summed E-state index contributed by atoms with van der Waals surface area (Å²) in [5.41, 5.74) is 1.14. The van der Waals surface area contributed by atoms with Crippen LogP contribution in [0.5, 0.6) is 0 Å². The Hall–Kier alpha value is -1.67. The summed E-state index contributed by atoms with van der Waals surface area (Å²) in [6.45, 7) is 5.29. The fraction of sp³-hybridized carbons (Fsp3) is 0.583. The molecule has 1 rings (SSSR count). The van der Waals surface area contributed by atoms with Crippen LogP contribution >= 0.6 is 0 Å². The van der Waals surface area contributed by atoms with E-state index in [0.29, 0.717) is 18.2 Å². The van der Waals surface area contributed by atoms with Crippen LogP contribution in [0.4, 0.5) is 5.95 Å². The molecule has 1 aromatic rings. The molecule has 5 nitrogen and oxygen atoms in total. The van der Waals surface area contributed by atoms with E-state index in [1.807, 2.05) is 17.9 Å². The van der Waals surface area contributed by atoms with Crippen LogP contribution in [0.15, 0.2) is 6.07 Å². The molecule has 0 radical (unpaired) electrons. The van der Waals surface area contributed by atoms with Gasteiger partial charge in [-0.2, -0.15) is 5.26 Å².